The van der Waals surface area contributed by atoms with Gasteiger partial charge in [-0.3, -0.25) is 4.79 Å². The predicted molar refractivity (Wildman–Crippen MR) is 66.3 cm³/mol. The van der Waals surface area contributed by atoms with Gasteiger partial charge in [-0.15, -0.1) is 0 Å². The maximum atomic E-state index is 11.0. The molecule has 0 aliphatic heterocycles. The molecule has 0 spiro atoms. The summed E-state index contributed by atoms with van der Waals surface area (Å²) in [6.45, 7) is 0.471. The molecule has 0 aromatic heterocycles. The van der Waals surface area contributed by atoms with Crippen LogP contribution in [0.4, 0.5) is 5.69 Å². The Morgan fingerprint density at radius 2 is 2.12 bits per heavy atom. The molecule has 0 saturated heterocycles. The first kappa shape index (κ1) is 13.8. The molecule has 3 N–H and O–H groups in total. The van der Waals surface area contributed by atoms with Crippen molar-refractivity contribution in [1.29, 1.82) is 0 Å². The molecule has 0 unspecified atom stereocenters. The molecule has 1 rings (SSSR count). The number of carbonyl (C=O) groups is 1. The minimum atomic E-state index is -0.548. The normalized spacial score (nSPS) is 10.6. The third-order valence-corrected chi connectivity index (χ3v) is 2.55. The van der Waals surface area contributed by atoms with E-state index in [4.69, 9.17) is 26.8 Å². The molecule has 1 aromatic rings. The Hall–Kier alpha value is -1.30. The van der Waals surface area contributed by atoms with Crippen LogP contribution in [0.25, 0.3) is 0 Å². The fourth-order valence-electron chi connectivity index (χ4n) is 1.29. The number of halogens is 1. The number of methoxy groups -OCH3 is 2. The third-order valence-electron chi connectivity index (χ3n) is 2.23. The van der Waals surface area contributed by atoms with Crippen LogP contribution in [0, 0.1) is 0 Å². The highest BCUT2D eigenvalue weighted by molar-refractivity contribution is 6.34. The largest absolute Gasteiger partial charge is 0.380 e. The lowest BCUT2D eigenvalue weighted by atomic mass is 10.2. The minimum Gasteiger partial charge on any atom is -0.380 e. The smallest absolute Gasteiger partial charge is 0.250 e. The zero-order chi connectivity index (χ0) is 12.8. The number of hydrogen-bond donors (Lipinski definition) is 2. The maximum absolute atomic E-state index is 11.0. The molecule has 1 aromatic carbocycles. The standard InChI is InChI=1S/C11H15ClN2O3/c1-16-10(17-2)6-14-7-3-4-8(11(13)15)9(12)5-7/h3-5,10,14H,6H2,1-2H3,(H2,13,15). The van der Waals surface area contributed by atoms with E-state index in [0.717, 1.165) is 5.69 Å². The van der Waals surface area contributed by atoms with Crippen LogP contribution < -0.4 is 11.1 Å². The molecule has 0 radical (unpaired) electrons. The molecule has 94 valence electrons. The van der Waals surface area contributed by atoms with Gasteiger partial charge in [0.05, 0.1) is 17.1 Å². The zero-order valence-corrected chi connectivity index (χ0v) is 10.5. The number of nitrogens with two attached hydrogens (primary N) is 1. The van der Waals surface area contributed by atoms with Crippen LogP contribution in [-0.4, -0.2) is 33.0 Å². The van der Waals surface area contributed by atoms with Gasteiger partial charge in [-0.05, 0) is 18.2 Å². The maximum Gasteiger partial charge on any atom is 0.250 e. The summed E-state index contributed by atoms with van der Waals surface area (Å²) in [6, 6.07) is 4.92. The fourth-order valence-corrected chi connectivity index (χ4v) is 1.56. The van der Waals surface area contributed by atoms with Gasteiger partial charge in [0.2, 0.25) is 5.91 Å². The van der Waals surface area contributed by atoms with Crippen molar-refractivity contribution in [2.75, 3.05) is 26.1 Å². The summed E-state index contributed by atoms with van der Waals surface area (Å²) in [5.41, 5.74) is 6.21. The first-order chi connectivity index (χ1) is 8.08. The second-order valence-corrected chi connectivity index (χ2v) is 3.75. The number of rotatable bonds is 6. The monoisotopic (exact) mass is 258 g/mol. The number of benzene rings is 1. The Kier molecular flexibility index (Phi) is 5.21. The Morgan fingerprint density at radius 1 is 1.47 bits per heavy atom. The number of amides is 1. The van der Waals surface area contributed by atoms with Crippen LogP contribution in [0.3, 0.4) is 0 Å². The first-order valence-electron chi connectivity index (χ1n) is 4.97. The van der Waals surface area contributed by atoms with Gasteiger partial charge in [0.1, 0.15) is 0 Å². The molecule has 0 aliphatic carbocycles. The van der Waals surface area contributed by atoms with Crippen molar-refractivity contribution >= 4 is 23.2 Å². The van der Waals surface area contributed by atoms with E-state index < -0.39 is 5.91 Å². The van der Waals surface area contributed by atoms with Crippen LogP contribution in [-0.2, 0) is 9.47 Å². The number of carbonyl (C=O) groups excluding carboxylic acids is 1. The van der Waals surface area contributed by atoms with Crippen LogP contribution in [0.2, 0.25) is 5.02 Å². The van der Waals surface area contributed by atoms with Gasteiger partial charge in [0, 0.05) is 19.9 Å². The van der Waals surface area contributed by atoms with E-state index >= 15 is 0 Å². The summed E-state index contributed by atoms with van der Waals surface area (Å²) in [5, 5.41) is 3.38. The third kappa shape index (κ3) is 3.89. The van der Waals surface area contributed by atoms with E-state index in [1.165, 1.54) is 0 Å². The van der Waals surface area contributed by atoms with Gasteiger partial charge in [0.15, 0.2) is 6.29 Å². The minimum absolute atomic E-state index is 0.298. The van der Waals surface area contributed by atoms with Gasteiger partial charge in [-0.25, -0.2) is 0 Å². The highest BCUT2D eigenvalue weighted by atomic mass is 35.5. The van der Waals surface area contributed by atoms with E-state index in [1.54, 1.807) is 32.4 Å². The van der Waals surface area contributed by atoms with Crippen molar-refractivity contribution in [3.05, 3.63) is 28.8 Å². The molecule has 0 bridgehead atoms. The lowest BCUT2D eigenvalue weighted by molar-refractivity contribution is -0.0914. The fraction of sp³-hybridized carbons (Fsp3) is 0.364. The molecule has 0 saturated carbocycles. The van der Waals surface area contributed by atoms with Crippen molar-refractivity contribution < 1.29 is 14.3 Å². The molecule has 1 amide bonds. The number of anilines is 1. The van der Waals surface area contributed by atoms with Crippen LogP contribution in [0.1, 0.15) is 10.4 Å². The average molecular weight is 259 g/mol. The van der Waals surface area contributed by atoms with Crippen molar-refractivity contribution in [2.45, 2.75) is 6.29 Å². The summed E-state index contributed by atoms with van der Waals surface area (Å²) >= 11 is 5.90. The van der Waals surface area contributed by atoms with Crippen LogP contribution >= 0.6 is 11.6 Å². The SMILES string of the molecule is COC(CNc1ccc(C(N)=O)c(Cl)c1)OC. The first-order valence-corrected chi connectivity index (χ1v) is 5.35. The highest BCUT2D eigenvalue weighted by Crippen LogP contribution is 2.20. The van der Waals surface area contributed by atoms with Gasteiger partial charge in [0.25, 0.3) is 0 Å². The summed E-state index contributed by atoms with van der Waals surface area (Å²) in [7, 11) is 3.11. The van der Waals surface area contributed by atoms with E-state index in [2.05, 4.69) is 5.32 Å². The molecule has 6 heteroatoms. The van der Waals surface area contributed by atoms with E-state index in [9.17, 15) is 4.79 Å². The van der Waals surface area contributed by atoms with E-state index in [0.29, 0.717) is 17.1 Å². The van der Waals surface area contributed by atoms with Gasteiger partial charge in [-0.1, -0.05) is 11.6 Å². The molecule has 17 heavy (non-hydrogen) atoms. The number of primary amides is 1. The summed E-state index contributed by atoms with van der Waals surface area (Å²) < 4.78 is 10.0. The quantitative estimate of drug-likeness (QED) is 0.758. The van der Waals surface area contributed by atoms with Gasteiger partial charge >= 0.3 is 0 Å². The van der Waals surface area contributed by atoms with E-state index in [-0.39, 0.29) is 6.29 Å². The molecule has 0 heterocycles. The summed E-state index contributed by atoms with van der Waals surface area (Å²) in [6.07, 6.45) is -0.343. The van der Waals surface area contributed by atoms with Crippen molar-refractivity contribution in [1.82, 2.24) is 0 Å². The zero-order valence-electron chi connectivity index (χ0n) is 9.70. The van der Waals surface area contributed by atoms with Crippen molar-refractivity contribution in [3.63, 3.8) is 0 Å². The Bertz CT molecular complexity index is 394. The number of hydrogen-bond acceptors (Lipinski definition) is 4. The van der Waals surface area contributed by atoms with Gasteiger partial charge < -0.3 is 20.5 Å². The molecule has 0 atom stereocenters. The second-order valence-electron chi connectivity index (χ2n) is 3.34. The van der Waals surface area contributed by atoms with Crippen molar-refractivity contribution in [3.8, 4) is 0 Å². The topological polar surface area (TPSA) is 73.6 Å². The molecule has 0 aliphatic rings. The lowest BCUT2D eigenvalue weighted by Crippen LogP contribution is -2.23. The molecule has 0 fully saturated rings. The Labute approximate surface area is 105 Å². The van der Waals surface area contributed by atoms with Crippen LogP contribution in [0.5, 0.6) is 0 Å². The predicted octanol–water partition coefficient (Wildman–Crippen LogP) is 1.47. The lowest BCUT2D eigenvalue weighted by Gasteiger charge is -2.15. The highest BCUT2D eigenvalue weighted by Gasteiger charge is 2.08. The Balaban J connectivity index is 2.67. The van der Waals surface area contributed by atoms with Gasteiger partial charge in [-0.2, -0.15) is 0 Å². The summed E-state index contributed by atoms with van der Waals surface area (Å²) in [4.78, 5) is 11.0. The number of ether oxygens (including phenoxy) is 2. The number of nitrogens with one attached hydrogen (secondary N) is 1. The van der Waals surface area contributed by atoms with Crippen molar-refractivity contribution in [2.24, 2.45) is 5.73 Å². The molecular weight excluding hydrogens is 244 g/mol. The van der Waals surface area contributed by atoms with Crippen LogP contribution in [0.15, 0.2) is 18.2 Å². The molecule has 5 nitrogen and oxygen atoms in total. The second kappa shape index (κ2) is 6.44. The molecular formula is C11H15ClN2O3. The summed E-state index contributed by atoms with van der Waals surface area (Å²) in [5.74, 6) is -0.548. The average Bonchev–Trinajstić information content (AvgIpc) is 2.30. The Morgan fingerprint density at radius 3 is 2.59 bits per heavy atom. The van der Waals surface area contributed by atoms with E-state index in [1.807, 2.05) is 0 Å².